The van der Waals surface area contributed by atoms with Gasteiger partial charge in [-0.2, -0.15) is 0 Å². The summed E-state index contributed by atoms with van der Waals surface area (Å²) in [4.78, 5) is 26.2. The van der Waals surface area contributed by atoms with E-state index in [2.05, 4.69) is 0 Å². The summed E-state index contributed by atoms with van der Waals surface area (Å²) in [5.74, 6) is 0.365. The second-order valence-electron chi connectivity index (χ2n) is 4.88. The molecule has 7 nitrogen and oxygen atoms in total. The van der Waals surface area contributed by atoms with Gasteiger partial charge in [-0.3, -0.25) is 9.69 Å². The van der Waals surface area contributed by atoms with Crippen molar-refractivity contribution in [2.24, 2.45) is 0 Å². The number of rotatable bonds is 3. The fourth-order valence-electron chi connectivity index (χ4n) is 2.56. The van der Waals surface area contributed by atoms with Crippen molar-refractivity contribution in [3.05, 3.63) is 29.5 Å². The highest BCUT2D eigenvalue weighted by atomic mass is 16.6. The Bertz CT molecular complexity index is 667. The van der Waals surface area contributed by atoms with E-state index in [1.165, 1.54) is 25.2 Å². The lowest BCUT2D eigenvalue weighted by molar-refractivity contribution is 0.101. The minimum Gasteiger partial charge on any atom is -0.515 e. The number of hydrogen-bond donors (Lipinski definition) is 1. The van der Waals surface area contributed by atoms with Crippen molar-refractivity contribution in [2.45, 2.75) is 19.9 Å². The number of fused-ring (bicyclic) bond motifs is 1. The number of hydrogen-bond acceptors (Lipinski definition) is 6. The van der Waals surface area contributed by atoms with Gasteiger partial charge in [-0.25, -0.2) is 4.79 Å². The van der Waals surface area contributed by atoms with Gasteiger partial charge in [-0.15, -0.1) is 0 Å². The van der Waals surface area contributed by atoms with Crippen LogP contribution in [-0.4, -0.2) is 43.9 Å². The van der Waals surface area contributed by atoms with Crippen LogP contribution in [0.25, 0.3) is 0 Å². The molecule has 0 aliphatic carbocycles. The predicted octanol–water partition coefficient (Wildman–Crippen LogP) is 2.69. The van der Waals surface area contributed by atoms with Gasteiger partial charge in [0.1, 0.15) is 0 Å². The Morgan fingerprint density at radius 1 is 1.30 bits per heavy atom. The average Bonchev–Trinajstić information content (AvgIpc) is 2.54. The first kappa shape index (κ1) is 16.7. The van der Waals surface area contributed by atoms with Crippen LogP contribution in [0.15, 0.2) is 24.0 Å². The zero-order chi connectivity index (χ0) is 17.1. The maximum atomic E-state index is 12.5. The standard InChI is InChI=1S/C16H19NO6/c1-5-23-16(20)17-9(2)11(8-18)15(19)10-6-13(21-3)14(22-4)7-12(10)17/h6-9,18H,5H2,1-4H3/b11-8-. The molecule has 1 atom stereocenters. The van der Waals surface area contributed by atoms with Crippen molar-refractivity contribution in [1.82, 2.24) is 0 Å². The van der Waals surface area contributed by atoms with E-state index in [1.54, 1.807) is 19.9 Å². The fourth-order valence-corrected chi connectivity index (χ4v) is 2.56. The number of carbonyl (C=O) groups is 2. The largest absolute Gasteiger partial charge is 0.515 e. The summed E-state index contributed by atoms with van der Waals surface area (Å²) in [5.41, 5.74) is 0.677. The Labute approximate surface area is 134 Å². The van der Waals surface area contributed by atoms with E-state index in [0.29, 0.717) is 17.2 Å². The summed E-state index contributed by atoms with van der Waals surface area (Å²) >= 11 is 0. The second-order valence-corrected chi connectivity index (χ2v) is 4.88. The maximum absolute atomic E-state index is 12.5. The number of amides is 1. The van der Waals surface area contributed by atoms with Gasteiger partial charge in [0.15, 0.2) is 17.3 Å². The molecule has 0 saturated heterocycles. The minimum atomic E-state index is -0.669. The molecule has 0 bridgehead atoms. The van der Waals surface area contributed by atoms with Crippen molar-refractivity contribution in [2.75, 3.05) is 25.7 Å². The molecule has 0 radical (unpaired) electrons. The van der Waals surface area contributed by atoms with E-state index in [4.69, 9.17) is 14.2 Å². The molecule has 1 amide bonds. The molecule has 0 fully saturated rings. The van der Waals surface area contributed by atoms with Crippen LogP contribution in [0, 0.1) is 0 Å². The second kappa shape index (κ2) is 6.60. The lowest BCUT2D eigenvalue weighted by Crippen LogP contribution is -2.46. The van der Waals surface area contributed by atoms with Crippen LogP contribution in [0.5, 0.6) is 11.5 Å². The van der Waals surface area contributed by atoms with E-state index in [1.807, 2.05) is 0 Å². The molecule has 0 spiro atoms. The smallest absolute Gasteiger partial charge is 0.414 e. The molecule has 7 heteroatoms. The van der Waals surface area contributed by atoms with Crippen molar-refractivity contribution < 1.29 is 28.9 Å². The maximum Gasteiger partial charge on any atom is 0.414 e. The number of carbonyl (C=O) groups excluding carboxylic acids is 2. The van der Waals surface area contributed by atoms with Crippen LogP contribution in [0.2, 0.25) is 0 Å². The van der Waals surface area contributed by atoms with E-state index in [9.17, 15) is 14.7 Å². The van der Waals surface area contributed by atoms with Gasteiger partial charge in [0, 0.05) is 6.07 Å². The first-order valence-electron chi connectivity index (χ1n) is 7.11. The van der Waals surface area contributed by atoms with Crippen LogP contribution in [0.3, 0.4) is 0 Å². The molecule has 0 aromatic heterocycles. The van der Waals surface area contributed by atoms with Crippen LogP contribution in [0.1, 0.15) is 24.2 Å². The van der Waals surface area contributed by atoms with Crippen LogP contribution in [0.4, 0.5) is 10.5 Å². The number of ketones is 1. The molecule has 1 aliphatic heterocycles. The summed E-state index contributed by atoms with van der Waals surface area (Å²) in [6, 6.07) is 2.36. The van der Waals surface area contributed by atoms with Gasteiger partial charge in [0.25, 0.3) is 0 Å². The van der Waals surface area contributed by atoms with Gasteiger partial charge in [0.05, 0.1) is 50.0 Å². The normalized spacial score (nSPS) is 18.6. The molecule has 1 aromatic carbocycles. The number of Topliss-reactive ketones (excluding diaryl/α,β-unsaturated/α-hetero) is 1. The number of nitrogens with zero attached hydrogens (tertiary/aromatic N) is 1. The number of anilines is 1. The van der Waals surface area contributed by atoms with Crippen LogP contribution >= 0.6 is 0 Å². The molecule has 1 heterocycles. The third-order valence-electron chi connectivity index (χ3n) is 3.71. The molecule has 124 valence electrons. The molecule has 2 rings (SSSR count). The summed E-state index contributed by atoms with van der Waals surface area (Å²) in [7, 11) is 2.91. The number of aliphatic hydroxyl groups is 1. The van der Waals surface area contributed by atoms with Gasteiger partial charge in [0.2, 0.25) is 0 Å². The van der Waals surface area contributed by atoms with Gasteiger partial charge in [-0.05, 0) is 19.9 Å². The topological polar surface area (TPSA) is 85.3 Å². The minimum absolute atomic E-state index is 0.0952. The summed E-state index contributed by atoms with van der Waals surface area (Å²) < 4.78 is 15.5. The van der Waals surface area contributed by atoms with E-state index in [-0.39, 0.29) is 23.5 Å². The van der Waals surface area contributed by atoms with Crippen molar-refractivity contribution in [3.8, 4) is 11.5 Å². The van der Waals surface area contributed by atoms with E-state index in [0.717, 1.165) is 6.26 Å². The highest BCUT2D eigenvalue weighted by Gasteiger charge is 2.38. The highest BCUT2D eigenvalue weighted by molar-refractivity contribution is 6.18. The van der Waals surface area contributed by atoms with E-state index >= 15 is 0 Å². The lowest BCUT2D eigenvalue weighted by Gasteiger charge is -2.35. The predicted molar refractivity (Wildman–Crippen MR) is 83.6 cm³/mol. The first-order valence-corrected chi connectivity index (χ1v) is 7.11. The average molecular weight is 321 g/mol. The van der Waals surface area contributed by atoms with Crippen molar-refractivity contribution >= 4 is 17.6 Å². The Kier molecular flexibility index (Phi) is 4.78. The Balaban J connectivity index is 2.69. The quantitative estimate of drug-likeness (QED) is 0.680. The Hall–Kier alpha value is -2.70. The van der Waals surface area contributed by atoms with Gasteiger partial charge >= 0.3 is 6.09 Å². The Morgan fingerprint density at radius 2 is 1.91 bits per heavy atom. The van der Waals surface area contributed by atoms with E-state index < -0.39 is 12.1 Å². The molecular formula is C16H19NO6. The van der Waals surface area contributed by atoms with Crippen molar-refractivity contribution in [3.63, 3.8) is 0 Å². The summed E-state index contributed by atoms with van der Waals surface area (Å²) in [6.45, 7) is 3.52. The zero-order valence-corrected chi connectivity index (χ0v) is 13.5. The molecular weight excluding hydrogens is 302 g/mol. The molecule has 1 unspecified atom stereocenters. The third-order valence-corrected chi connectivity index (χ3v) is 3.71. The monoisotopic (exact) mass is 321 g/mol. The molecule has 0 saturated carbocycles. The number of ether oxygens (including phenoxy) is 3. The fraction of sp³-hybridized carbons (Fsp3) is 0.375. The molecule has 1 N–H and O–H groups in total. The molecule has 23 heavy (non-hydrogen) atoms. The summed E-state index contributed by atoms with van der Waals surface area (Å²) in [5, 5.41) is 9.40. The SMILES string of the molecule is CCOC(=O)N1c2cc(OC)c(OC)cc2C(=O)/C(=C\O)C1C. The number of methoxy groups -OCH3 is 2. The van der Waals surface area contributed by atoms with Crippen LogP contribution < -0.4 is 14.4 Å². The molecule has 1 aliphatic rings. The Morgan fingerprint density at radius 3 is 2.43 bits per heavy atom. The highest BCUT2D eigenvalue weighted by Crippen LogP contribution is 2.41. The van der Waals surface area contributed by atoms with Gasteiger partial charge < -0.3 is 19.3 Å². The first-order chi connectivity index (χ1) is 11.0. The van der Waals surface area contributed by atoms with Crippen molar-refractivity contribution in [1.29, 1.82) is 0 Å². The van der Waals surface area contributed by atoms with Gasteiger partial charge in [-0.1, -0.05) is 0 Å². The summed E-state index contributed by atoms with van der Waals surface area (Å²) in [6.07, 6.45) is 0.110. The lowest BCUT2D eigenvalue weighted by atomic mass is 9.91. The third kappa shape index (κ3) is 2.69. The molecule has 1 aromatic rings. The number of aliphatic hydroxyl groups excluding tert-OH is 1. The van der Waals surface area contributed by atoms with Crippen LogP contribution in [-0.2, 0) is 4.74 Å². The zero-order valence-electron chi connectivity index (χ0n) is 13.5. The number of benzene rings is 1.